The topological polar surface area (TPSA) is 69.0 Å². The number of benzene rings is 1. The first-order valence-electron chi connectivity index (χ1n) is 6.71. The molecule has 1 amide bonds. The number of anilines is 1. The van der Waals surface area contributed by atoms with Crippen molar-refractivity contribution in [3.8, 4) is 11.6 Å². The Morgan fingerprint density at radius 1 is 1.09 bits per heavy atom. The summed E-state index contributed by atoms with van der Waals surface area (Å²) in [6.45, 7) is 0. The minimum atomic E-state index is -0.303. The standard InChI is InChI=1S/C16H14N4O2/c1-20-14(9-11-18-20)19-15(21)13-8-5-10-17-16(13)22-12-6-3-2-4-7-12/h2-11H,1H3,(H,19,21). The van der Waals surface area contributed by atoms with E-state index in [1.807, 2.05) is 18.2 Å². The maximum atomic E-state index is 12.4. The van der Waals surface area contributed by atoms with E-state index in [-0.39, 0.29) is 11.8 Å². The number of aryl methyl sites for hydroxylation is 1. The summed E-state index contributed by atoms with van der Waals surface area (Å²) in [5.74, 6) is 1.17. The Balaban J connectivity index is 1.84. The van der Waals surface area contributed by atoms with Crippen molar-refractivity contribution in [2.75, 3.05) is 5.32 Å². The summed E-state index contributed by atoms with van der Waals surface area (Å²) in [6, 6.07) is 14.3. The van der Waals surface area contributed by atoms with E-state index in [0.29, 0.717) is 17.1 Å². The van der Waals surface area contributed by atoms with Gasteiger partial charge in [0.1, 0.15) is 17.1 Å². The Bertz CT molecular complexity index is 784. The van der Waals surface area contributed by atoms with E-state index in [4.69, 9.17) is 4.74 Å². The summed E-state index contributed by atoms with van der Waals surface area (Å²) < 4.78 is 7.26. The molecule has 0 unspecified atom stereocenters. The van der Waals surface area contributed by atoms with E-state index < -0.39 is 0 Å². The minimum absolute atomic E-state index is 0.258. The van der Waals surface area contributed by atoms with Crippen molar-refractivity contribution in [1.82, 2.24) is 14.8 Å². The maximum absolute atomic E-state index is 12.4. The van der Waals surface area contributed by atoms with Crippen LogP contribution in [0.25, 0.3) is 0 Å². The number of carbonyl (C=O) groups is 1. The normalized spacial score (nSPS) is 10.2. The van der Waals surface area contributed by atoms with Gasteiger partial charge in [-0.2, -0.15) is 5.10 Å². The van der Waals surface area contributed by atoms with Gasteiger partial charge >= 0.3 is 0 Å². The molecule has 110 valence electrons. The number of hydrogen-bond donors (Lipinski definition) is 1. The molecule has 1 N–H and O–H groups in total. The fourth-order valence-corrected chi connectivity index (χ4v) is 1.93. The van der Waals surface area contributed by atoms with Crippen molar-refractivity contribution in [1.29, 1.82) is 0 Å². The van der Waals surface area contributed by atoms with Crippen LogP contribution in [0, 0.1) is 0 Å². The molecule has 2 aromatic heterocycles. The second-order valence-electron chi connectivity index (χ2n) is 4.57. The Kier molecular flexibility index (Phi) is 3.82. The molecule has 3 aromatic rings. The zero-order valence-corrected chi connectivity index (χ0v) is 11.9. The molecule has 0 bridgehead atoms. The van der Waals surface area contributed by atoms with Crippen molar-refractivity contribution < 1.29 is 9.53 Å². The molecule has 0 saturated heterocycles. The Morgan fingerprint density at radius 3 is 2.64 bits per heavy atom. The number of hydrogen-bond acceptors (Lipinski definition) is 4. The monoisotopic (exact) mass is 294 g/mol. The summed E-state index contributed by atoms with van der Waals surface area (Å²) in [4.78, 5) is 16.5. The average Bonchev–Trinajstić information content (AvgIpc) is 2.94. The summed E-state index contributed by atoms with van der Waals surface area (Å²) >= 11 is 0. The quantitative estimate of drug-likeness (QED) is 0.803. The van der Waals surface area contributed by atoms with E-state index in [1.165, 1.54) is 0 Å². The molecule has 2 heterocycles. The zero-order chi connectivity index (χ0) is 15.4. The van der Waals surface area contributed by atoms with Gasteiger partial charge in [0.25, 0.3) is 5.91 Å². The van der Waals surface area contributed by atoms with Crippen molar-refractivity contribution in [2.24, 2.45) is 7.05 Å². The lowest BCUT2D eigenvalue weighted by molar-refractivity contribution is 0.102. The number of ether oxygens (including phenoxy) is 1. The first-order valence-corrected chi connectivity index (χ1v) is 6.71. The van der Waals surface area contributed by atoms with E-state index in [0.717, 1.165) is 0 Å². The van der Waals surface area contributed by atoms with Gasteiger partial charge in [-0.15, -0.1) is 0 Å². The van der Waals surface area contributed by atoms with Crippen LogP contribution in [0.15, 0.2) is 60.9 Å². The molecular weight excluding hydrogens is 280 g/mol. The number of para-hydroxylation sites is 1. The van der Waals surface area contributed by atoms with Gasteiger partial charge in [0.05, 0.1) is 6.20 Å². The highest BCUT2D eigenvalue weighted by atomic mass is 16.5. The third kappa shape index (κ3) is 2.95. The fraction of sp³-hybridized carbons (Fsp3) is 0.0625. The van der Waals surface area contributed by atoms with Crippen LogP contribution in [-0.4, -0.2) is 20.7 Å². The number of nitrogens with zero attached hydrogens (tertiary/aromatic N) is 3. The van der Waals surface area contributed by atoms with E-state index >= 15 is 0 Å². The number of aromatic nitrogens is 3. The second kappa shape index (κ2) is 6.09. The maximum Gasteiger partial charge on any atom is 0.262 e. The molecule has 0 aliphatic heterocycles. The summed E-state index contributed by atoms with van der Waals surface area (Å²) in [5, 5.41) is 6.78. The predicted molar refractivity (Wildman–Crippen MR) is 81.9 cm³/mol. The molecule has 0 fully saturated rings. The van der Waals surface area contributed by atoms with Crippen molar-refractivity contribution >= 4 is 11.7 Å². The Morgan fingerprint density at radius 2 is 1.91 bits per heavy atom. The summed E-state index contributed by atoms with van der Waals surface area (Å²) in [6.07, 6.45) is 3.19. The lowest BCUT2D eigenvalue weighted by atomic mass is 10.2. The van der Waals surface area contributed by atoms with Gasteiger partial charge in [0.2, 0.25) is 5.88 Å². The SMILES string of the molecule is Cn1nccc1NC(=O)c1cccnc1Oc1ccccc1. The van der Waals surface area contributed by atoms with E-state index in [1.54, 1.807) is 54.5 Å². The number of carbonyl (C=O) groups excluding carboxylic acids is 1. The van der Waals surface area contributed by atoms with Crippen molar-refractivity contribution in [3.63, 3.8) is 0 Å². The number of pyridine rings is 1. The van der Waals surface area contributed by atoms with Gasteiger partial charge in [0, 0.05) is 19.3 Å². The Labute approximate surface area is 127 Å². The van der Waals surface area contributed by atoms with Crippen molar-refractivity contribution in [2.45, 2.75) is 0 Å². The smallest absolute Gasteiger partial charge is 0.262 e. The van der Waals surface area contributed by atoms with Crippen LogP contribution in [0.1, 0.15) is 10.4 Å². The third-order valence-electron chi connectivity index (χ3n) is 3.04. The lowest BCUT2D eigenvalue weighted by Gasteiger charge is -2.10. The van der Waals surface area contributed by atoms with Gasteiger partial charge in [-0.1, -0.05) is 18.2 Å². The lowest BCUT2D eigenvalue weighted by Crippen LogP contribution is -2.15. The molecule has 0 radical (unpaired) electrons. The number of amides is 1. The van der Waals surface area contributed by atoms with Crippen molar-refractivity contribution in [3.05, 3.63) is 66.5 Å². The Hall–Kier alpha value is -3.15. The van der Waals surface area contributed by atoms with Crippen LogP contribution in [-0.2, 0) is 7.05 Å². The zero-order valence-electron chi connectivity index (χ0n) is 11.9. The average molecular weight is 294 g/mol. The fourth-order valence-electron chi connectivity index (χ4n) is 1.93. The van der Waals surface area contributed by atoms with Crippen LogP contribution in [0.4, 0.5) is 5.82 Å². The highest BCUT2D eigenvalue weighted by molar-refractivity contribution is 6.05. The number of rotatable bonds is 4. The van der Waals surface area contributed by atoms with Gasteiger partial charge < -0.3 is 10.1 Å². The number of nitrogens with one attached hydrogen (secondary N) is 1. The molecule has 6 heteroatoms. The van der Waals surface area contributed by atoms with Gasteiger partial charge in [-0.25, -0.2) is 4.98 Å². The first-order chi connectivity index (χ1) is 10.7. The van der Waals surface area contributed by atoms with Crippen LogP contribution in [0.3, 0.4) is 0 Å². The molecule has 6 nitrogen and oxygen atoms in total. The highest BCUT2D eigenvalue weighted by Gasteiger charge is 2.15. The summed E-state index contributed by atoms with van der Waals surface area (Å²) in [7, 11) is 1.75. The largest absolute Gasteiger partial charge is 0.438 e. The van der Waals surface area contributed by atoms with Gasteiger partial charge in [-0.3, -0.25) is 9.48 Å². The second-order valence-corrected chi connectivity index (χ2v) is 4.57. The van der Waals surface area contributed by atoms with E-state index in [9.17, 15) is 4.79 Å². The van der Waals surface area contributed by atoms with Gasteiger partial charge in [0.15, 0.2) is 0 Å². The molecule has 22 heavy (non-hydrogen) atoms. The molecule has 0 aliphatic rings. The molecule has 3 rings (SSSR count). The van der Waals surface area contributed by atoms with Crippen LogP contribution in [0.2, 0.25) is 0 Å². The molecule has 1 aromatic carbocycles. The highest BCUT2D eigenvalue weighted by Crippen LogP contribution is 2.23. The van der Waals surface area contributed by atoms with E-state index in [2.05, 4.69) is 15.4 Å². The molecule has 0 spiro atoms. The molecule has 0 aliphatic carbocycles. The predicted octanol–water partition coefficient (Wildman–Crippen LogP) is 2.86. The molecule has 0 atom stereocenters. The summed E-state index contributed by atoms with van der Waals surface area (Å²) in [5.41, 5.74) is 0.354. The van der Waals surface area contributed by atoms with Crippen LogP contribution < -0.4 is 10.1 Å². The first kappa shape index (κ1) is 13.8. The third-order valence-corrected chi connectivity index (χ3v) is 3.04. The van der Waals surface area contributed by atoms with Gasteiger partial charge in [-0.05, 0) is 24.3 Å². The minimum Gasteiger partial charge on any atom is -0.438 e. The molecular formula is C16H14N4O2. The van der Waals surface area contributed by atoms with Crippen LogP contribution >= 0.6 is 0 Å². The van der Waals surface area contributed by atoms with Crippen LogP contribution in [0.5, 0.6) is 11.6 Å². The molecule has 0 saturated carbocycles.